The predicted octanol–water partition coefficient (Wildman–Crippen LogP) is 3.55. The largest absolute Gasteiger partial charge is 0.248 e. The summed E-state index contributed by atoms with van der Waals surface area (Å²) < 4.78 is 1.83. The molecule has 0 fully saturated rings. The van der Waals surface area contributed by atoms with Crippen LogP contribution in [0.4, 0.5) is 0 Å². The Kier molecular flexibility index (Phi) is 3.71. The van der Waals surface area contributed by atoms with Gasteiger partial charge in [-0.15, -0.1) is 0 Å². The van der Waals surface area contributed by atoms with Gasteiger partial charge in [-0.25, -0.2) is 15.0 Å². The molecule has 0 radical (unpaired) electrons. The van der Waals surface area contributed by atoms with E-state index in [1.165, 1.54) is 11.8 Å². The summed E-state index contributed by atoms with van der Waals surface area (Å²) in [5.74, 6) is 0. The molecule has 0 saturated carbocycles. The van der Waals surface area contributed by atoms with E-state index < -0.39 is 0 Å². The van der Waals surface area contributed by atoms with E-state index in [0.717, 1.165) is 14.0 Å². The molecule has 15 heavy (non-hydrogen) atoms. The molecule has 0 aliphatic rings. The molecule has 0 N–H and O–H groups in total. The van der Waals surface area contributed by atoms with Crippen LogP contribution in [0.5, 0.6) is 0 Å². The highest BCUT2D eigenvalue weighted by atomic mass is 79.9. The summed E-state index contributed by atoms with van der Waals surface area (Å²) in [6.07, 6.45) is 5.18. The van der Waals surface area contributed by atoms with E-state index >= 15 is 0 Å². The third kappa shape index (κ3) is 3.25. The average Bonchev–Trinajstić information content (AvgIpc) is 2.25. The lowest BCUT2D eigenvalue weighted by Crippen LogP contribution is -1.86. The molecule has 0 unspecified atom stereocenters. The van der Waals surface area contributed by atoms with Gasteiger partial charge in [0.05, 0.1) is 4.47 Å². The molecule has 0 saturated heterocycles. The van der Waals surface area contributed by atoms with Crippen LogP contribution in [0, 0.1) is 0 Å². The first-order valence-electron chi connectivity index (χ1n) is 4.01. The molecule has 6 heteroatoms. The Morgan fingerprint density at radius 2 is 1.53 bits per heavy atom. The molecule has 3 nitrogen and oxygen atoms in total. The van der Waals surface area contributed by atoms with Gasteiger partial charge in [-0.1, -0.05) is 0 Å². The fourth-order valence-corrected chi connectivity index (χ4v) is 1.95. The van der Waals surface area contributed by atoms with Gasteiger partial charge in [0.15, 0.2) is 5.16 Å². The highest BCUT2D eigenvalue weighted by Gasteiger charge is 2.01. The molecule has 2 aromatic heterocycles. The van der Waals surface area contributed by atoms with Crippen molar-refractivity contribution >= 4 is 43.6 Å². The molecular weight excluding hydrogens is 342 g/mol. The second-order valence-electron chi connectivity index (χ2n) is 2.60. The molecule has 2 rings (SSSR count). The summed E-state index contributed by atoms with van der Waals surface area (Å²) in [4.78, 5) is 12.5. The smallest absolute Gasteiger partial charge is 0.193 e. The normalized spacial score (nSPS) is 10.3. The van der Waals surface area contributed by atoms with Gasteiger partial charge in [-0.3, -0.25) is 0 Å². The third-order valence-electron chi connectivity index (χ3n) is 1.49. The number of nitrogens with zero attached hydrogens (tertiary/aromatic N) is 3. The summed E-state index contributed by atoms with van der Waals surface area (Å²) >= 11 is 8.05. The zero-order valence-corrected chi connectivity index (χ0v) is 11.4. The minimum Gasteiger partial charge on any atom is -0.248 e. The minimum atomic E-state index is 0.688. The van der Waals surface area contributed by atoms with E-state index in [1.54, 1.807) is 18.6 Å². The quantitative estimate of drug-likeness (QED) is 0.779. The zero-order valence-electron chi connectivity index (χ0n) is 7.39. The van der Waals surface area contributed by atoms with Gasteiger partial charge in [0, 0.05) is 23.1 Å². The van der Waals surface area contributed by atoms with Gasteiger partial charge in [0.25, 0.3) is 0 Å². The highest BCUT2D eigenvalue weighted by Crippen LogP contribution is 2.23. The summed E-state index contributed by atoms with van der Waals surface area (Å²) in [6.45, 7) is 0. The SMILES string of the molecule is Brc1ccc(Sc2ncc(Br)cn2)nc1. The Morgan fingerprint density at radius 3 is 2.13 bits per heavy atom. The van der Waals surface area contributed by atoms with E-state index in [1.807, 2.05) is 12.1 Å². The van der Waals surface area contributed by atoms with Gasteiger partial charge in [-0.05, 0) is 55.8 Å². The van der Waals surface area contributed by atoms with Crippen molar-refractivity contribution in [1.29, 1.82) is 0 Å². The number of hydrogen-bond donors (Lipinski definition) is 0. The van der Waals surface area contributed by atoms with Crippen molar-refractivity contribution in [3.63, 3.8) is 0 Å². The van der Waals surface area contributed by atoms with E-state index in [0.29, 0.717) is 5.16 Å². The highest BCUT2D eigenvalue weighted by molar-refractivity contribution is 9.10. The molecule has 2 aromatic rings. The number of halogens is 2. The van der Waals surface area contributed by atoms with Crippen molar-refractivity contribution in [2.24, 2.45) is 0 Å². The lowest BCUT2D eigenvalue weighted by Gasteiger charge is -1.98. The van der Waals surface area contributed by atoms with Crippen LogP contribution < -0.4 is 0 Å². The molecule has 0 amide bonds. The van der Waals surface area contributed by atoms with Crippen LogP contribution in [0.25, 0.3) is 0 Å². The second kappa shape index (κ2) is 5.05. The summed E-state index contributed by atoms with van der Waals surface area (Å²) in [5.41, 5.74) is 0. The van der Waals surface area contributed by atoms with Gasteiger partial charge in [0.1, 0.15) is 5.03 Å². The third-order valence-corrected chi connectivity index (χ3v) is 3.22. The van der Waals surface area contributed by atoms with E-state index in [4.69, 9.17) is 0 Å². The molecule has 0 aliphatic heterocycles. The Morgan fingerprint density at radius 1 is 0.867 bits per heavy atom. The molecule has 0 bridgehead atoms. The van der Waals surface area contributed by atoms with E-state index in [2.05, 4.69) is 46.8 Å². The van der Waals surface area contributed by atoms with Crippen LogP contribution in [0.2, 0.25) is 0 Å². The van der Waals surface area contributed by atoms with Crippen molar-refractivity contribution < 1.29 is 0 Å². The molecule has 2 heterocycles. The monoisotopic (exact) mass is 345 g/mol. The first-order chi connectivity index (χ1) is 7.24. The van der Waals surface area contributed by atoms with Gasteiger partial charge < -0.3 is 0 Å². The maximum absolute atomic E-state index is 4.22. The van der Waals surface area contributed by atoms with Crippen molar-refractivity contribution in [2.45, 2.75) is 10.2 Å². The Bertz CT molecular complexity index is 400. The maximum atomic E-state index is 4.22. The summed E-state index contributed by atoms with van der Waals surface area (Å²) in [6, 6.07) is 3.86. The summed E-state index contributed by atoms with van der Waals surface area (Å²) in [5, 5.41) is 1.56. The number of pyridine rings is 1. The van der Waals surface area contributed by atoms with Crippen LogP contribution in [0.3, 0.4) is 0 Å². The fraction of sp³-hybridized carbons (Fsp3) is 0. The first-order valence-corrected chi connectivity index (χ1v) is 6.41. The van der Waals surface area contributed by atoms with Crippen LogP contribution in [0.15, 0.2) is 49.9 Å². The fourth-order valence-electron chi connectivity index (χ4n) is 0.869. The number of aromatic nitrogens is 3. The first kappa shape index (κ1) is 11.0. The van der Waals surface area contributed by atoms with Crippen molar-refractivity contribution in [1.82, 2.24) is 15.0 Å². The Balaban J connectivity index is 2.15. The Hall–Kier alpha value is -0.460. The van der Waals surface area contributed by atoms with E-state index in [-0.39, 0.29) is 0 Å². The zero-order chi connectivity index (χ0) is 10.7. The van der Waals surface area contributed by atoms with Gasteiger partial charge in [-0.2, -0.15) is 0 Å². The minimum absolute atomic E-state index is 0.688. The van der Waals surface area contributed by atoms with Crippen molar-refractivity contribution in [3.05, 3.63) is 39.7 Å². The van der Waals surface area contributed by atoms with Crippen LogP contribution in [-0.4, -0.2) is 15.0 Å². The van der Waals surface area contributed by atoms with Crippen LogP contribution in [0.1, 0.15) is 0 Å². The summed E-state index contributed by atoms with van der Waals surface area (Å²) in [7, 11) is 0. The van der Waals surface area contributed by atoms with Crippen LogP contribution >= 0.6 is 43.6 Å². The molecule has 76 valence electrons. The van der Waals surface area contributed by atoms with E-state index in [9.17, 15) is 0 Å². The average molecular weight is 347 g/mol. The predicted molar refractivity (Wildman–Crippen MR) is 65.8 cm³/mol. The standard InChI is InChI=1S/C9H5Br2N3S/c10-6-1-2-8(12-3-6)15-9-13-4-7(11)5-14-9/h1-5H. The maximum Gasteiger partial charge on any atom is 0.193 e. The van der Waals surface area contributed by atoms with Crippen LogP contribution in [-0.2, 0) is 0 Å². The Labute approximate surface area is 108 Å². The molecular formula is C9H5Br2N3S. The molecule has 0 aromatic carbocycles. The number of rotatable bonds is 2. The van der Waals surface area contributed by atoms with Gasteiger partial charge in [0.2, 0.25) is 0 Å². The molecule has 0 spiro atoms. The molecule has 0 atom stereocenters. The van der Waals surface area contributed by atoms with Crippen molar-refractivity contribution in [3.8, 4) is 0 Å². The number of hydrogen-bond acceptors (Lipinski definition) is 4. The second-order valence-corrected chi connectivity index (χ2v) is 5.42. The molecule has 0 aliphatic carbocycles. The lowest BCUT2D eigenvalue weighted by molar-refractivity contribution is 0.952. The van der Waals surface area contributed by atoms with Gasteiger partial charge >= 0.3 is 0 Å². The lowest BCUT2D eigenvalue weighted by atomic mass is 10.5. The van der Waals surface area contributed by atoms with Crippen molar-refractivity contribution in [2.75, 3.05) is 0 Å². The topological polar surface area (TPSA) is 38.7 Å².